The first kappa shape index (κ1) is 28.2. The molecule has 3 N–H and O–H groups in total. The van der Waals surface area contributed by atoms with E-state index in [1.165, 1.54) is 109 Å². The van der Waals surface area contributed by atoms with Crippen molar-refractivity contribution in [2.45, 2.75) is 129 Å². The lowest BCUT2D eigenvalue weighted by atomic mass is 9.88. The molecule has 0 aromatic carbocycles. The Morgan fingerprint density at radius 3 is 1.41 bits per heavy atom. The summed E-state index contributed by atoms with van der Waals surface area (Å²) >= 11 is 0. The van der Waals surface area contributed by atoms with Crippen LogP contribution in [0.1, 0.15) is 129 Å². The van der Waals surface area contributed by atoms with Gasteiger partial charge in [-0.25, -0.2) is 0 Å². The van der Waals surface area contributed by atoms with E-state index in [4.69, 9.17) is 5.73 Å². The second kappa shape index (κ2) is 21.9. The summed E-state index contributed by atoms with van der Waals surface area (Å²) in [5, 5.41) is 9.20. The molecule has 0 aliphatic heterocycles. The summed E-state index contributed by atoms with van der Waals surface area (Å²) in [7, 11) is 0. The van der Waals surface area contributed by atoms with Crippen molar-refractivity contribution < 1.29 is 9.90 Å². The third kappa shape index (κ3) is 18.9. The molecule has 0 aliphatic carbocycles. The highest BCUT2D eigenvalue weighted by atomic mass is 16.3. The molecule has 0 saturated heterocycles. The smallest absolute Gasteiger partial charge is 0.220 e. The molecule has 0 heterocycles. The molecule has 172 valence electrons. The highest BCUT2D eigenvalue weighted by molar-refractivity contribution is 5.76. The van der Waals surface area contributed by atoms with Crippen LogP contribution < -0.4 is 5.73 Å². The Labute approximate surface area is 181 Å². The van der Waals surface area contributed by atoms with Gasteiger partial charge in [0.2, 0.25) is 5.91 Å². The van der Waals surface area contributed by atoms with Crippen molar-refractivity contribution in [2.24, 2.45) is 17.6 Å². The van der Waals surface area contributed by atoms with Crippen LogP contribution in [0.3, 0.4) is 0 Å². The number of amides is 1. The number of primary amides is 1. The third-order valence-corrected chi connectivity index (χ3v) is 6.26. The maximum absolute atomic E-state index is 11.4. The minimum Gasteiger partial charge on any atom is -0.396 e. The van der Waals surface area contributed by atoms with Crippen molar-refractivity contribution in [3.05, 3.63) is 12.7 Å². The van der Waals surface area contributed by atoms with Crippen molar-refractivity contribution in [1.29, 1.82) is 0 Å². The van der Waals surface area contributed by atoms with Crippen LogP contribution in [0.25, 0.3) is 0 Å². The molecule has 0 aromatic rings. The fraction of sp³-hybridized carbons (Fsp3) is 0.885. The Morgan fingerprint density at radius 2 is 1.10 bits per heavy atom. The first-order valence-electron chi connectivity index (χ1n) is 12.6. The minimum atomic E-state index is -0.259. The topological polar surface area (TPSA) is 63.3 Å². The quantitative estimate of drug-likeness (QED) is 0.137. The van der Waals surface area contributed by atoms with Crippen molar-refractivity contribution in [2.75, 3.05) is 6.61 Å². The van der Waals surface area contributed by atoms with Crippen molar-refractivity contribution >= 4 is 5.91 Å². The monoisotopic (exact) mass is 409 g/mol. The number of allylic oxidation sites excluding steroid dienone is 1. The molecule has 2 atom stereocenters. The van der Waals surface area contributed by atoms with Gasteiger partial charge in [-0.05, 0) is 25.2 Å². The fourth-order valence-electron chi connectivity index (χ4n) is 4.14. The van der Waals surface area contributed by atoms with Crippen LogP contribution in [0.5, 0.6) is 0 Å². The third-order valence-electron chi connectivity index (χ3n) is 6.26. The lowest BCUT2D eigenvalue weighted by Gasteiger charge is -2.18. The molecule has 0 aromatic heterocycles. The summed E-state index contributed by atoms with van der Waals surface area (Å²) in [6, 6.07) is 0. The molecule has 0 rings (SSSR count). The standard InChI is InChI=1S/C26H51NO2/c1-3-4-5-6-7-8-9-10-11-12-13-14-15-16-17-18-19-20-21-22-25(26(27)29)24(2)23-28/h3,24-25,28H,1,4-23H2,2H3,(H2,27,29). The zero-order chi connectivity index (χ0) is 21.6. The number of nitrogens with two attached hydrogens (primary N) is 1. The summed E-state index contributed by atoms with van der Waals surface area (Å²) in [6.45, 7) is 5.72. The number of aliphatic hydroxyl groups excluding tert-OH is 1. The number of carbonyl (C=O) groups excluding carboxylic acids is 1. The van der Waals surface area contributed by atoms with E-state index in [1.807, 2.05) is 13.0 Å². The second-order valence-corrected chi connectivity index (χ2v) is 9.05. The summed E-state index contributed by atoms with van der Waals surface area (Å²) in [6.07, 6.45) is 27.0. The number of hydrogen-bond donors (Lipinski definition) is 2. The predicted molar refractivity (Wildman–Crippen MR) is 127 cm³/mol. The summed E-state index contributed by atoms with van der Waals surface area (Å²) in [5.74, 6) is -0.437. The van der Waals surface area contributed by atoms with Crippen LogP contribution in [0, 0.1) is 11.8 Å². The maximum atomic E-state index is 11.4. The van der Waals surface area contributed by atoms with Crippen molar-refractivity contribution in [3.63, 3.8) is 0 Å². The van der Waals surface area contributed by atoms with Crippen LogP contribution in [0.15, 0.2) is 12.7 Å². The van der Waals surface area contributed by atoms with Gasteiger partial charge in [-0.2, -0.15) is 0 Å². The van der Waals surface area contributed by atoms with Gasteiger partial charge in [0.1, 0.15) is 0 Å². The van der Waals surface area contributed by atoms with Crippen molar-refractivity contribution in [3.8, 4) is 0 Å². The average molecular weight is 410 g/mol. The van der Waals surface area contributed by atoms with E-state index in [-0.39, 0.29) is 24.3 Å². The Balaban J connectivity index is 3.24. The molecular weight excluding hydrogens is 358 g/mol. The van der Waals surface area contributed by atoms with Crippen LogP contribution in [-0.4, -0.2) is 17.6 Å². The fourth-order valence-corrected chi connectivity index (χ4v) is 4.14. The highest BCUT2D eigenvalue weighted by Crippen LogP contribution is 2.20. The second-order valence-electron chi connectivity index (χ2n) is 9.05. The largest absolute Gasteiger partial charge is 0.396 e. The predicted octanol–water partition coefficient (Wildman–Crippen LogP) is 7.31. The first-order chi connectivity index (χ1) is 14.1. The molecule has 3 heteroatoms. The van der Waals surface area contributed by atoms with Gasteiger partial charge in [-0.1, -0.05) is 116 Å². The highest BCUT2D eigenvalue weighted by Gasteiger charge is 2.21. The van der Waals surface area contributed by atoms with E-state index in [2.05, 4.69) is 6.58 Å². The molecule has 2 unspecified atom stereocenters. The molecule has 0 radical (unpaired) electrons. The molecule has 29 heavy (non-hydrogen) atoms. The van der Waals surface area contributed by atoms with E-state index < -0.39 is 0 Å². The normalized spacial score (nSPS) is 13.3. The molecule has 0 fully saturated rings. The summed E-state index contributed by atoms with van der Waals surface area (Å²) in [5.41, 5.74) is 5.44. The van der Waals surface area contributed by atoms with Gasteiger partial charge in [0, 0.05) is 12.5 Å². The Morgan fingerprint density at radius 1 is 0.759 bits per heavy atom. The lowest BCUT2D eigenvalue weighted by molar-refractivity contribution is -0.124. The SMILES string of the molecule is C=CCCCCCCCCCCCCCCCCCCCC(C(N)=O)C(C)CO. The van der Waals surface area contributed by atoms with Crippen LogP contribution >= 0.6 is 0 Å². The van der Waals surface area contributed by atoms with Crippen molar-refractivity contribution in [1.82, 2.24) is 0 Å². The van der Waals surface area contributed by atoms with Gasteiger partial charge >= 0.3 is 0 Å². The lowest BCUT2D eigenvalue weighted by Crippen LogP contribution is -2.30. The number of hydrogen-bond acceptors (Lipinski definition) is 2. The molecule has 3 nitrogen and oxygen atoms in total. The molecule has 0 aliphatic rings. The van der Waals surface area contributed by atoms with Crippen LogP contribution in [0.4, 0.5) is 0 Å². The van der Waals surface area contributed by atoms with Gasteiger partial charge in [0.15, 0.2) is 0 Å². The number of carbonyl (C=O) groups is 1. The Kier molecular flexibility index (Phi) is 21.2. The van der Waals surface area contributed by atoms with E-state index in [9.17, 15) is 9.90 Å². The zero-order valence-corrected chi connectivity index (χ0v) is 19.5. The van der Waals surface area contributed by atoms with E-state index >= 15 is 0 Å². The van der Waals surface area contributed by atoms with E-state index in [0.717, 1.165) is 12.8 Å². The maximum Gasteiger partial charge on any atom is 0.220 e. The van der Waals surface area contributed by atoms with Crippen LogP contribution in [0.2, 0.25) is 0 Å². The first-order valence-corrected chi connectivity index (χ1v) is 12.6. The summed E-state index contributed by atoms with van der Waals surface area (Å²) in [4.78, 5) is 11.4. The van der Waals surface area contributed by atoms with Gasteiger partial charge in [-0.3, -0.25) is 4.79 Å². The zero-order valence-electron chi connectivity index (χ0n) is 19.5. The van der Waals surface area contributed by atoms with Gasteiger partial charge < -0.3 is 10.8 Å². The number of rotatable bonds is 23. The number of aliphatic hydroxyl groups is 1. The molecule has 1 amide bonds. The Bertz CT molecular complexity index is 370. The Hall–Kier alpha value is -0.830. The molecular formula is C26H51NO2. The van der Waals surface area contributed by atoms with E-state index in [0.29, 0.717) is 0 Å². The molecule has 0 bridgehead atoms. The van der Waals surface area contributed by atoms with Gasteiger partial charge in [0.25, 0.3) is 0 Å². The van der Waals surface area contributed by atoms with Gasteiger partial charge in [0.05, 0.1) is 0 Å². The molecule has 0 spiro atoms. The van der Waals surface area contributed by atoms with Crippen LogP contribution in [-0.2, 0) is 4.79 Å². The summed E-state index contributed by atoms with van der Waals surface area (Å²) < 4.78 is 0. The molecule has 0 saturated carbocycles. The van der Waals surface area contributed by atoms with E-state index in [1.54, 1.807) is 0 Å². The number of unbranched alkanes of at least 4 members (excludes halogenated alkanes) is 17. The minimum absolute atomic E-state index is 0.0140. The van der Waals surface area contributed by atoms with Gasteiger partial charge in [-0.15, -0.1) is 6.58 Å². The average Bonchev–Trinajstić information content (AvgIpc) is 2.71.